The van der Waals surface area contributed by atoms with Crippen LogP contribution >= 0.6 is 0 Å². The summed E-state index contributed by atoms with van der Waals surface area (Å²) in [5, 5.41) is 4.07. The molecule has 0 unspecified atom stereocenters. The minimum Gasteiger partial charge on any atom is -0.361 e. The summed E-state index contributed by atoms with van der Waals surface area (Å²) < 4.78 is 7.41. The van der Waals surface area contributed by atoms with Gasteiger partial charge >= 0.3 is 0 Å². The molecule has 0 atom stereocenters. The molecule has 1 aliphatic rings. The van der Waals surface area contributed by atoms with Crippen molar-refractivity contribution in [2.24, 2.45) is 7.05 Å². The molecule has 0 aliphatic carbocycles. The van der Waals surface area contributed by atoms with Crippen LogP contribution in [0.4, 0.5) is 0 Å². The van der Waals surface area contributed by atoms with E-state index in [9.17, 15) is 0 Å². The molecule has 108 valence electrons. The molecule has 0 saturated heterocycles. The van der Waals surface area contributed by atoms with Gasteiger partial charge in [-0.1, -0.05) is 19.0 Å². The average molecular weight is 274 g/mol. The minimum atomic E-state index is 0.470. The Kier molecular flexibility index (Phi) is 3.38. The quantitative estimate of drug-likeness (QED) is 0.862. The van der Waals surface area contributed by atoms with Crippen LogP contribution < -0.4 is 0 Å². The van der Waals surface area contributed by atoms with E-state index < -0.39 is 0 Å². The highest BCUT2D eigenvalue weighted by atomic mass is 16.5. The van der Waals surface area contributed by atoms with Crippen LogP contribution in [-0.2, 0) is 26.6 Å². The summed E-state index contributed by atoms with van der Waals surface area (Å²) >= 11 is 0. The zero-order valence-corrected chi connectivity index (χ0v) is 12.7. The van der Waals surface area contributed by atoms with Crippen LogP contribution in [0.5, 0.6) is 0 Å². The maximum absolute atomic E-state index is 5.13. The number of hydrogen-bond donors (Lipinski definition) is 0. The largest absolute Gasteiger partial charge is 0.361 e. The number of imidazole rings is 1. The Morgan fingerprint density at radius 1 is 1.40 bits per heavy atom. The van der Waals surface area contributed by atoms with Gasteiger partial charge in [0.1, 0.15) is 11.6 Å². The van der Waals surface area contributed by atoms with Crippen LogP contribution in [0.3, 0.4) is 0 Å². The number of aromatic nitrogens is 3. The summed E-state index contributed by atoms with van der Waals surface area (Å²) in [6, 6.07) is 2.01. The molecule has 0 spiro atoms. The van der Waals surface area contributed by atoms with Crippen molar-refractivity contribution in [1.29, 1.82) is 0 Å². The molecule has 0 amide bonds. The Hall–Kier alpha value is -1.62. The predicted octanol–water partition coefficient (Wildman–Crippen LogP) is 2.40. The fraction of sp³-hybridized carbons (Fsp3) is 0.600. The molecule has 2 aromatic heterocycles. The predicted molar refractivity (Wildman–Crippen MR) is 76.4 cm³/mol. The SMILES string of the molecule is Cc1cc(CN2CCc3c(nc(C(C)C)n3C)C2)no1. The molecular weight excluding hydrogens is 252 g/mol. The van der Waals surface area contributed by atoms with Gasteiger partial charge in [0.05, 0.1) is 11.4 Å². The smallest absolute Gasteiger partial charge is 0.133 e. The number of nitrogens with zero attached hydrogens (tertiary/aromatic N) is 4. The van der Waals surface area contributed by atoms with Crippen LogP contribution in [0.1, 0.15) is 48.4 Å². The second kappa shape index (κ2) is 5.05. The van der Waals surface area contributed by atoms with E-state index in [0.717, 1.165) is 37.5 Å². The highest BCUT2D eigenvalue weighted by Crippen LogP contribution is 2.24. The monoisotopic (exact) mass is 274 g/mol. The van der Waals surface area contributed by atoms with Gasteiger partial charge < -0.3 is 9.09 Å². The molecule has 0 aromatic carbocycles. The van der Waals surface area contributed by atoms with E-state index in [1.165, 1.54) is 17.2 Å². The highest BCUT2D eigenvalue weighted by molar-refractivity contribution is 5.21. The third kappa shape index (κ3) is 2.38. The molecule has 3 heterocycles. The second-order valence-electron chi connectivity index (χ2n) is 5.97. The Morgan fingerprint density at radius 3 is 2.85 bits per heavy atom. The van der Waals surface area contributed by atoms with Gasteiger partial charge in [0.15, 0.2) is 0 Å². The summed E-state index contributed by atoms with van der Waals surface area (Å²) in [5.74, 6) is 2.53. The van der Waals surface area contributed by atoms with Crippen LogP contribution in [0.2, 0.25) is 0 Å². The van der Waals surface area contributed by atoms with E-state index in [1.807, 2.05) is 13.0 Å². The van der Waals surface area contributed by atoms with Crippen molar-refractivity contribution in [2.45, 2.75) is 46.2 Å². The van der Waals surface area contributed by atoms with Crippen molar-refractivity contribution in [2.75, 3.05) is 6.54 Å². The summed E-state index contributed by atoms with van der Waals surface area (Å²) in [4.78, 5) is 7.21. The van der Waals surface area contributed by atoms with Crippen molar-refractivity contribution in [3.63, 3.8) is 0 Å². The number of rotatable bonds is 3. The van der Waals surface area contributed by atoms with Gasteiger partial charge in [-0.2, -0.15) is 0 Å². The van der Waals surface area contributed by atoms with Crippen molar-refractivity contribution in [3.05, 3.63) is 34.7 Å². The molecule has 3 rings (SSSR count). The van der Waals surface area contributed by atoms with Crippen molar-refractivity contribution >= 4 is 0 Å². The molecule has 1 aliphatic heterocycles. The Balaban J connectivity index is 1.76. The standard InChI is InChI=1S/C15H22N4O/c1-10(2)15-16-13-9-19(6-5-14(13)18(15)4)8-12-7-11(3)20-17-12/h7,10H,5-6,8-9H2,1-4H3. The molecule has 5 heteroatoms. The van der Waals surface area contributed by atoms with Gasteiger partial charge in [0.2, 0.25) is 0 Å². The van der Waals surface area contributed by atoms with Gasteiger partial charge in [-0.05, 0) is 6.92 Å². The fourth-order valence-corrected chi connectivity index (χ4v) is 2.98. The van der Waals surface area contributed by atoms with Gasteiger partial charge in [-0.15, -0.1) is 0 Å². The van der Waals surface area contributed by atoms with Gasteiger partial charge in [-0.25, -0.2) is 4.98 Å². The lowest BCUT2D eigenvalue weighted by atomic mass is 10.1. The molecule has 0 saturated carbocycles. The van der Waals surface area contributed by atoms with Gasteiger partial charge in [0, 0.05) is 50.8 Å². The highest BCUT2D eigenvalue weighted by Gasteiger charge is 2.24. The Bertz CT molecular complexity index is 611. The zero-order valence-electron chi connectivity index (χ0n) is 12.7. The lowest BCUT2D eigenvalue weighted by molar-refractivity contribution is 0.232. The van der Waals surface area contributed by atoms with E-state index in [1.54, 1.807) is 0 Å². The summed E-state index contributed by atoms with van der Waals surface area (Å²) in [6.45, 7) is 9.12. The maximum Gasteiger partial charge on any atom is 0.133 e. The third-order valence-electron chi connectivity index (χ3n) is 3.95. The summed E-state index contributed by atoms with van der Waals surface area (Å²) in [6.07, 6.45) is 1.06. The van der Waals surface area contributed by atoms with Crippen LogP contribution in [0, 0.1) is 6.92 Å². The van der Waals surface area contributed by atoms with Crippen LogP contribution in [0.25, 0.3) is 0 Å². The van der Waals surface area contributed by atoms with E-state index in [2.05, 4.69) is 35.5 Å². The molecule has 5 nitrogen and oxygen atoms in total. The first-order valence-corrected chi connectivity index (χ1v) is 7.23. The first kappa shape index (κ1) is 13.4. The second-order valence-corrected chi connectivity index (χ2v) is 5.97. The molecule has 0 bridgehead atoms. The first-order valence-electron chi connectivity index (χ1n) is 7.23. The minimum absolute atomic E-state index is 0.470. The third-order valence-corrected chi connectivity index (χ3v) is 3.95. The van der Waals surface area contributed by atoms with E-state index in [4.69, 9.17) is 9.51 Å². The van der Waals surface area contributed by atoms with Crippen LogP contribution in [0.15, 0.2) is 10.6 Å². The van der Waals surface area contributed by atoms with Gasteiger partial charge in [0.25, 0.3) is 0 Å². The normalized spacial score (nSPS) is 15.8. The van der Waals surface area contributed by atoms with Crippen molar-refractivity contribution in [1.82, 2.24) is 19.6 Å². The topological polar surface area (TPSA) is 47.1 Å². The molecule has 0 N–H and O–H groups in total. The lowest BCUT2D eigenvalue weighted by Crippen LogP contribution is -2.30. The first-order chi connectivity index (χ1) is 9.54. The summed E-state index contributed by atoms with van der Waals surface area (Å²) in [5.41, 5.74) is 3.62. The van der Waals surface area contributed by atoms with Gasteiger partial charge in [-0.3, -0.25) is 4.90 Å². The Labute approximate surface area is 119 Å². The molecule has 0 fully saturated rings. The number of aryl methyl sites for hydroxylation is 1. The molecular formula is C15H22N4O. The van der Waals surface area contributed by atoms with E-state index >= 15 is 0 Å². The average Bonchev–Trinajstić information content (AvgIpc) is 2.94. The van der Waals surface area contributed by atoms with Crippen molar-refractivity contribution in [3.8, 4) is 0 Å². The zero-order chi connectivity index (χ0) is 14.3. The van der Waals surface area contributed by atoms with E-state index in [-0.39, 0.29) is 0 Å². The maximum atomic E-state index is 5.13. The van der Waals surface area contributed by atoms with E-state index in [0.29, 0.717) is 5.92 Å². The number of hydrogen-bond acceptors (Lipinski definition) is 4. The molecule has 20 heavy (non-hydrogen) atoms. The number of fused-ring (bicyclic) bond motifs is 1. The fourth-order valence-electron chi connectivity index (χ4n) is 2.98. The molecule has 2 aromatic rings. The lowest BCUT2D eigenvalue weighted by Gasteiger charge is -2.25. The van der Waals surface area contributed by atoms with Crippen LogP contribution in [-0.4, -0.2) is 26.2 Å². The Morgan fingerprint density at radius 2 is 2.20 bits per heavy atom. The molecule has 0 radical (unpaired) electrons. The summed E-state index contributed by atoms with van der Waals surface area (Å²) in [7, 11) is 2.14. The van der Waals surface area contributed by atoms with Crippen molar-refractivity contribution < 1.29 is 4.52 Å².